The van der Waals surface area contributed by atoms with Gasteiger partial charge in [0.25, 0.3) is 0 Å². The molecule has 1 atom stereocenters. The number of aryl methyl sites for hydroxylation is 1. The van der Waals surface area contributed by atoms with Gasteiger partial charge in [-0.2, -0.15) is 4.31 Å². The lowest BCUT2D eigenvalue weighted by atomic mass is 10.0. The molecule has 1 aromatic heterocycles. The molecule has 1 unspecified atom stereocenters. The molecule has 3 rings (SSSR count). The first-order valence-electron chi connectivity index (χ1n) is 8.55. The van der Waals surface area contributed by atoms with E-state index in [-0.39, 0.29) is 17.3 Å². The van der Waals surface area contributed by atoms with Gasteiger partial charge in [0.2, 0.25) is 15.8 Å². The smallest absolute Gasteiger partial charge is 0.374 e. The summed E-state index contributed by atoms with van der Waals surface area (Å²) < 4.78 is 38.0. The number of carbonyl (C=O) groups excluding carboxylic acids is 1. The average Bonchev–Trinajstić information content (AvgIpc) is 2.91. The van der Waals surface area contributed by atoms with Crippen molar-refractivity contribution in [2.24, 2.45) is 5.92 Å². The van der Waals surface area contributed by atoms with Crippen molar-refractivity contribution in [1.29, 1.82) is 0 Å². The van der Waals surface area contributed by atoms with Crippen molar-refractivity contribution in [2.75, 3.05) is 19.7 Å². The Bertz CT molecular complexity index is 900. The topological polar surface area (TPSA) is 76.8 Å². The minimum atomic E-state index is -3.55. The molecule has 0 spiro atoms. The third-order valence-electron chi connectivity index (χ3n) is 4.63. The Balaban J connectivity index is 2.00. The summed E-state index contributed by atoms with van der Waals surface area (Å²) in [5.41, 5.74) is 1.07. The van der Waals surface area contributed by atoms with E-state index in [1.54, 1.807) is 30.3 Å². The van der Waals surface area contributed by atoms with Crippen molar-refractivity contribution in [1.82, 2.24) is 4.31 Å². The van der Waals surface area contributed by atoms with Crippen LogP contribution in [-0.2, 0) is 14.8 Å². The second-order valence-corrected chi connectivity index (χ2v) is 8.48. The van der Waals surface area contributed by atoms with Gasteiger partial charge < -0.3 is 9.15 Å². The molecule has 1 saturated heterocycles. The highest BCUT2D eigenvalue weighted by molar-refractivity contribution is 7.89. The lowest BCUT2D eigenvalue weighted by Gasteiger charge is -2.30. The van der Waals surface area contributed by atoms with Gasteiger partial charge in [0, 0.05) is 24.0 Å². The van der Waals surface area contributed by atoms with Crippen molar-refractivity contribution in [3.63, 3.8) is 0 Å². The van der Waals surface area contributed by atoms with Crippen LogP contribution in [0.25, 0.3) is 11.0 Å². The SMILES string of the molecule is CCOC(=O)c1oc2ccc(S(=O)(=O)N3CCCC(C)C3)cc2c1C. The number of rotatable bonds is 4. The highest BCUT2D eigenvalue weighted by Crippen LogP contribution is 2.30. The van der Waals surface area contributed by atoms with Crippen LogP contribution in [0.4, 0.5) is 0 Å². The van der Waals surface area contributed by atoms with E-state index in [0.29, 0.717) is 35.5 Å². The van der Waals surface area contributed by atoms with Crippen LogP contribution in [-0.4, -0.2) is 38.4 Å². The third kappa shape index (κ3) is 3.30. The first-order chi connectivity index (χ1) is 11.8. The summed E-state index contributed by atoms with van der Waals surface area (Å²) >= 11 is 0. The highest BCUT2D eigenvalue weighted by Gasteiger charge is 2.29. The quantitative estimate of drug-likeness (QED) is 0.777. The van der Waals surface area contributed by atoms with Crippen molar-refractivity contribution in [3.8, 4) is 0 Å². The minimum Gasteiger partial charge on any atom is -0.460 e. The van der Waals surface area contributed by atoms with Gasteiger partial charge in [-0.25, -0.2) is 13.2 Å². The number of nitrogens with zero attached hydrogens (tertiary/aromatic N) is 1. The van der Waals surface area contributed by atoms with E-state index in [9.17, 15) is 13.2 Å². The molecule has 1 aromatic carbocycles. The van der Waals surface area contributed by atoms with Crippen LogP contribution in [0.15, 0.2) is 27.5 Å². The number of ether oxygens (including phenoxy) is 1. The summed E-state index contributed by atoms with van der Waals surface area (Å²) in [6, 6.07) is 4.73. The number of esters is 1. The Morgan fingerprint density at radius 2 is 2.16 bits per heavy atom. The van der Waals surface area contributed by atoms with Gasteiger partial charge in [0.15, 0.2) is 0 Å². The Morgan fingerprint density at radius 1 is 1.40 bits per heavy atom. The van der Waals surface area contributed by atoms with Gasteiger partial charge in [-0.15, -0.1) is 0 Å². The molecule has 0 radical (unpaired) electrons. The predicted molar refractivity (Wildman–Crippen MR) is 94.1 cm³/mol. The molecule has 1 aliphatic heterocycles. The van der Waals surface area contributed by atoms with E-state index >= 15 is 0 Å². The minimum absolute atomic E-state index is 0.123. The standard InChI is InChI=1S/C18H23NO5S/c1-4-23-18(20)17-13(3)15-10-14(7-8-16(15)24-17)25(21,22)19-9-5-6-12(2)11-19/h7-8,10,12H,4-6,9,11H2,1-3H3. The molecule has 136 valence electrons. The molecule has 1 fully saturated rings. The number of hydrogen-bond donors (Lipinski definition) is 0. The molecule has 7 heteroatoms. The van der Waals surface area contributed by atoms with E-state index in [1.165, 1.54) is 6.07 Å². The normalized spacial score (nSPS) is 19.2. The fourth-order valence-electron chi connectivity index (χ4n) is 3.27. The van der Waals surface area contributed by atoms with E-state index < -0.39 is 16.0 Å². The Kier molecular flexibility index (Phi) is 4.88. The third-order valence-corrected chi connectivity index (χ3v) is 6.49. The lowest BCUT2D eigenvalue weighted by molar-refractivity contribution is 0.0491. The molecular formula is C18H23NO5S. The van der Waals surface area contributed by atoms with Crippen LogP contribution < -0.4 is 0 Å². The summed E-state index contributed by atoms with van der Waals surface area (Å²) in [7, 11) is -3.55. The number of piperidine rings is 1. The van der Waals surface area contributed by atoms with Gasteiger partial charge in [-0.05, 0) is 50.8 Å². The number of benzene rings is 1. The zero-order valence-corrected chi connectivity index (χ0v) is 15.6. The molecule has 2 aromatic rings. The monoisotopic (exact) mass is 365 g/mol. The Labute approximate surface area is 147 Å². The first-order valence-corrected chi connectivity index (χ1v) is 9.99. The van der Waals surface area contributed by atoms with Crippen LogP contribution in [0.2, 0.25) is 0 Å². The Morgan fingerprint density at radius 3 is 2.84 bits per heavy atom. The molecule has 1 aliphatic rings. The van der Waals surface area contributed by atoms with Crippen LogP contribution >= 0.6 is 0 Å². The average molecular weight is 365 g/mol. The molecule has 0 aliphatic carbocycles. The molecule has 0 N–H and O–H groups in total. The van der Waals surface area contributed by atoms with Crippen LogP contribution in [0.5, 0.6) is 0 Å². The molecule has 0 bridgehead atoms. The molecule has 6 nitrogen and oxygen atoms in total. The van der Waals surface area contributed by atoms with Crippen molar-refractivity contribution < 1.29 is 22.4 Å². The van der Waals surface area contributed by atoms with Crippen molar-refractivity contribution in [3.05, 3.63) is 29.5 Å². The van der Waals surface area contributed by atoms with Crippen molar-refractivity contribution >= 4 is 27.0 Å². The predicted octanol–water partition coefficient (Wildman–Crippen LogP) is 3.34. The molecule has 2 heterocycles. The van der Waals surface area contributed by atoms with Gasteiger partial charge in [-0.3, -0.25) is 0 Å². The second-order valence-electron chi connectivity index (χ2n) is 6.55. The van der Waals surface area contributed by atoms with E-state index in [2.05, 4.69) is 6.92 Å². The number of fused-ring (bicyclic) bond motifs is 1. The summed E-state index contributed by atoms with van der Waals surface area (Å²) in [6.07, 6.45) is 1.93. The maximum Gasteiger partial charge on any atom is 0.374 e. The number of furan rings is 1. The van der Waals surface area contributed by atoms with Crippen molar-refractivity contribution in [2.45, 2.75) is 38.5 Å². The number of carbonyl (C=O) groups is 1. The first kappa shape index (κ1) is 17.9. The summed E-state index contributed by atoms with van der Waals surface area (Å²) in [5.74, 6) is -0.0539. The van der Waals surface area contributed by atoms with E-state index in [4.69, 9.17) is 9.15 Å². The number of hydrogen-bond acceptors (Lipinski definition) is 5. The zero-order valence-electron chi connectivity index (χ0n) is 14.7. The van der Waals surface area contributed by atoms with Gasteiger partial charge in [0.05, 0.1) is 11.5 Å². The molecule has 0 amide bonds. The maximum atomic E-state index is 12.9. The van der Waals surface area contributed by atoms with Crippen LogP contribution in [0.3, 0.4) is 0 Å². The van der Waals surface area contributed by atoms with E-state index in [0.717, 1.165) is 12.8 Å². The zero-order chi connectivity index (χ0) is 18.2. The van der Waals surface area contributed by atoms with E-state index in [1.807, 2.05) is 0 Å². The molecular weight excluding hydrogens is 342 g/mol. The fourth-order valence-corrected chi connectivity index (χ4v) is 4.89. The van der Waals surface area contributed by atoms with Gasteiger partial charge in [-0.1, -0.05) is 6.92 Å². The summed E-state index contributed by atoms with van der Waals surface area (Å²) in [4.78, 5) is 12.2. The molecule has 25 heavy (non-hydrogen) atoms. The number of sulfonamides is 1. The maximum absolute atomic E-state index is 12.9. The highest BCUT2D eigenvalue weighted by atomic mass is 32.2. The van der Waals surface area contributed by atoms with Gasteiger partial charge in [0.1, 0.15) is 5.58 Å². The second kappa shape index (κ2) is 6.80. The Hall–Kier alpha value is -1.86. The summed E-state index contributed by atoms with van der Waals surface area (Å²) in [5, 5.41) is 0.620. The molecule has 0 saturated carbocycles. The van der Waals surface area contributed by atoms with Crippen LogP contribution in [0.1, 0.15) is 42.8 Å². The largest absolute Gasteiger partial charge is 0.460 e. The van der Waals surface area contributed by atoms with Gasteiger partial charge >= 0.3 is 5.97 Å². The van der Waals surface area contributed by atoms with Crippen LogP contribution in [0, 0.1) is 12.8 Å². The fraction of sp³-hybridized carbons (Fsp3) is 0.500. The lowest BCUT2D eigenvalue weighted by Crippen LogP contribution is -2.39. The summed E-state index contributed by atoms with van der Waals surface area (Å²) in [6.45, 7) is 6.86.